The monoisotopic (exact) mass is 226 g/mol. The zero-order valence-electron chi connectivity index (χ0n) is 6.43. The Labute approximate surface area is 78.9 Å². The average molecular weight is 227 g/mol. The van der Waals surface area contributed by atoms with Gasteiger partial charge in [0.05, 0.1) is 0 Å². The van der Waals surface area contributed by atoms with Crippen LogP contribution in [0.5, 0.6) is 0 Å². The molecule has 62 valence electrons. The molecule has 0 nitrogen and oxygen atoms in total. The molecule has 0 heterocycles. The number of alkyl halides is 2. The third-order valence-electron chi connectivity index (χ3n) is 3.03. The van der Waals surface area contributed by atoms with Crippen molar-refractivity contribution < 1.29 is 4.39 Å². The molecule has 1 fully saturated rings. The smallest absolute Gasteiger partial charge is 0.176 e. The highest BCUT2D eigenvalue weighted by Gasteiger charge is 2.68. The van der Waals surface area contributed by atoms with E-state index in [0.717, 1.165) is 6.42 Å². The molecule has 0 spiro atoms. The van der Waals surface area contributed by atoms with Crippen molar-refractivity contribution in [3.05, 3.63) is 35.4 Å². The van der Waals surface area contributed by atoms with E-state index in [-0.39, 0.29) is 11.8 Å². The zero-order valence-corrected chi connectivity index (χ0v) is 8.01. The van der Waals surface area contributed by atoms with Crippen molar-refractivity contribution in [1.29, 1.82) is 0 Å². The molecular formula is C10H8BrF. The molecule has 0 unspecified atom stereocenters. The van der Waals surface area contributed by atoms with E-state index in [4.69, 9.17) is 0 Å². The van der Waals surface area contributed by atoms with Crippen LogP contribution in [0.25, 0.3) is 0 Å². The standard InChI is InChI=1S/C10H8BrF/c11-10(12)8-5-6-3-1-2-4-7(6)9(8)10/h1-4,8-9H,5H2/t8-,9+,10-/m1/s1. The Balaban J connectivity index is 2.11. The molecule has 2 heteroatoms. The topological polar surface area (TPSA) is 0 Å². The summed E-state index contributed by atoms with van der Waals surface area (Å²) in [6, 6.07) is 8.16. The van der Waals surface area contributed by atoms with Crippen LogP contribution < -0.4 is 0 Å². The maximum atomic E-state index is 13.5. The Morgan fingerprint density at radius 3 is 3.00 bits per heavy atom. The summed E-state index contributed by atoms with van der Waals surface area (Å²) in [6.45, 7) is 0. The number of hydrogen-bond acceptors (Lipinski definition) is 0. The molecule has 3 atom stereocenters. The molecule has 0 radical (unpaired) electrons. The lowest BCUT2D eigenvalue weighted by Crippen LogP contribution is -2.00. The Kier molecular flexibility index (Phi) is 1.13. The fourth-order valence-corrected chi connectivity index (χ4v) is 3.19. The summed E-state index contributed by atoms with van der Waals surface area (Å²) in [4.78, 5) is 0. The Morgan fingerprint density at radius 1 is 1.42 bits per heavy atom. The van der Waals surface area contributed by atoms with Gasteiger partial charge in [-0.1, -0.05) is 24.3 Å². The van der Waals surface area contributed by atoms with Crippen molar-refractivity contribution in [2.45, 2.75) is 16.9 Å². The minimum absolute atomic E-state index is 0.133. The van der Waals surface area contributed by atoms with Gasteiger partial charge in [0.2, 0.25) is 0 Å². The van der Waals surface area contributed by atoms with Crippen LogP contribution in [0, 0.1) is 5.92 Å². The van der Waals surface area contributed by atoms with Crippen LogP contribution in [0.2, 0.25) is 0 Å². The second-order valence-corrected chi connectivity index (χ2v) is 4.88. The van der Waals surface area contributed by atoms with Crippen LogP contribution in [0.1, 0.15) is 17.0 Å². The molecule has 0 N–H and O–H groups in total. The number of benzene rings is 1. The molecule has 3 rings (SSSR count). The third-order valence-corrected chi connectivity index (χ3v) is 4.11. The largest absolute Gasteiger partial charge is 0.230 e. The van der Waals surface area contributed by atoms with E-state index in [1.165, 1.54) is 11.1 Å². The van der Waals surface area contributed by atoms with Gasteiger partial charge in [-0.15, -0.1) is 0 Å². The van der Waals surface area contributed by atoms with E-state index in [1.807, 2.05) is 18.2 Å². The van der Waals surface area contributed by atoms with E-state index in [2.05, 4.69) is 22.0 Å². The third kappa shape index (κ3) is 0.674. The highest BCUT2D eigenvalue weighted by Crippen LogP contribution is 2.69. The number of halogens is 2. The molecule has 12 heavy (non-hydrogen) atoms. The molecule has 2 aliphatic rings. The summed E-state index contributed by atoms with van der Waals surface area (Å²) in [7, 11) is 0. The van der Waals surface area contributed by atoms with Gasteiger partial charge in [0.15, 0.2) is 4.58 Å². The van der Waals surface area contributed by atoms with Gasteiger partial charge in [-0.3, -0.25) is 0 Å². The minimum Gasteiger partial charge on any atom is -0.230 e. The molecule has 1 aromatic carbocycles. The molecule has 0 amide bonds. The summed E-state index contributed by atoms with van der Waals surface area (Å²) in [5, 5.41) is 0. The molecule has 1 saturated carbocycles. The van der Waals surface area contributed by atoms with Crippen molar-refractivity contribution in [3.63, 3.8) is 0 Å². The molecule has 2 aliphatic carbocycles. The van der Waals surface area contributed by atoms with E-state index in [1.54, 1.807) is 0 Å². The highest BCUT2D eigenvalue weighted by molar-refractivity contribution is 9.10. The fourth-order valence-electron chi connectivity index (χ4n) is 2.33. The normalized spacial score (nSPS) is 42.2. The number of fused-ring (bicyclic) bond motifs is 3. The lowest BCUT2D eigenvalue weighted by Gasteiger charge is -2.06. The van der Waals surface area contributed by atoms with Crippen molar-refractivity contribution >= 4 is 15.9 Å². The van der Waals surface area contributed by atoms with Crippen LogP contribution >= 0.6 is 15.9 Å². The summed E-state index contributed by atoms with van der Waals surface area (Å²) in [5.74, 6) is 0.337. The van der Waals surface area contributed by atoms with E-state index >= 15 is 0 Å². The second kappa shape index (κ2) is 1.92. The van der Waals surface area contributed by atoms with Gasteiger partial charge < -0.3 is 0 Å². The Bertz CT molecular complexity index is 345. The zero-order chi connectivity index (χ0) is 8.34. The molecule has 0 saturated heterocycles. The van der Waals surface area contributed by atoms with Gasteiger partial charge in [0, 0.05) is 11.8 Å². The molecule has 0 aliphatic heterocycles. The number of rotatable bonds is 0. The van der Waals surface area contributed by atoms with Gasteiger partial charge in [0.25, 0.3) is 0 Å². The summed E-state index contributed by atoms with van der Waals surface area (Å²) >= 11 is 3.13. The van der Waals surface area contributed by atoms with Crippen molar-refractivity contribution in [3.8, 4) is 0 Å². The first-order valence-corrected chi connectivity index (χ1v) is 4.96. The Hall–Kier alpha value is -0.370. The quantitative estimate of drug-likeness (QED) is 0.597. The highest BCUT2D eigenvalue weighted by atomic mass is 79.9. The summed E-state index contributed by atoms with van der Waals surface area (Å²) < 4.78 is 12.4. The average Bonchev–Trinajstić information content (AvgIpc) is 2.46. The van der Waals surface area contributed by atoms with Gasteiger partial charge in [-0.25, -0.2) is 4.39 Å². The Morgan fingerprint density at radius 2 is 2.17 bits per heavy atom. The van der Waals surface area contributed by atoms with Crippen LogP contribution in [-0.4, -0.2) is 4.58 Å². The lowest BCUT2D eigenvalue weighted by molar-refractivity contribution is 0.402. The van der Waals surface area contributed by atoms with Crippen molar-refractivity contribution in [2.75, 3.05) is 0 Å². The fraction of sp³-hybridized carbons (Fsp3) is 0.400. The summed E-state index contributed by atoms with van der Waals surface area (Å²) in [5.41, 5.74) is 2.54. The van der Waals surface area contributed by atoms with Gasteiger partial charge >= 0.3 is 0 Å². The maximum absolute atomic E-state index is 13.5. The van der Waals surface area contributed by atoms with Crippen LogP contribution in [-0.2, 0) is 6.42 Å². The maximum Gasteiger partial charge on any atom is 0.176 e. The first-order chi connectivity index (χ1) is 5.71. The van der Waals surface area contributed by atoms with E-state index in [0.29, 0.717) is 0 Å². The number of hydrogen-bond donors (Lipinski definition) is 0. The predicted molar refractivity (Wildman–Crippen MR) is 49.1 cm³/mol. The predicted octanol–water partition coefficient (Wildman–Crippen LogP) is 3.02. The molecule has 0 bridgehead atoms. The van der Waals surface area contributed by atoms with E-state index in [9.17, 15) is 4.39 Å². The summed E-state index contributed by atoms with van der Waals surface area (Å²) in [6.07, 6.45) is 0.905. The molecule has 1 aromatic rings. The first-order valence-electron chi connectivity index (χ1n) is 4.17. The van der Waals surface area contributed by atoms with Gasteiger partial charge in [-0.2, -0.15) is 0 Å². The van der Waals surface area contributed by atoms with Crippen molar-refractivity contribution in [1.82, 2.24) is 0 Å². The first kappa shape index (κ1) is 7.07. The van der Waals surface area contributed by atoms with E-state index < -0.39 is 4.58 Å². The van der Waals surface area contributed by atoms with Crippen LogP contribution in [0.15, 0.2) is 24.3 Å². The van der Waals surface area contributed by atoms with Crippen molar-refractivity contribution in [2.24, 2.45) is 5.92 Å². The lowest BCUT2D eigenvalue weighted by atomic mass is 10.1. The molecular weight excluding hydrogens is 219 g/mol. The minimum atomic E-state index is -1.08. The second-order valence-electron chi connectivity index (χ2n) is 3.66. The van der Waals surface area contributed by atoms with Crippen LogP contribution in [0.4, 0.5) is 4.39 Å². The molecule has 0 aromatic heterocycles. The van der Waals surface area contributed by atoms with Gasteiger partial charge in [0.1, 0.15) is 0 Å². The van der Waals surface area contributed by atoms with Gasteiger partial charge in [-0.05, 0) is 33.5 Å². The SMILES string of the molecule is F[C@]1(Br)[C@@H]2Cc3ccccc3[C@@H]21. The van der Waals surface area contributed by atoms with Crippen LogP contribution in [0.3, 0.4) is 0 Å².